The molecule has 7 nitrogen and oxygen atoms in total. The average Bonchev–Trinajstić information content (AvgIpc) is 3.28. The molecule has 2 aliphatic rings. The number of carbonyl (C=O) groups excluding carboxylic acids is 1. The van der Waals surface area contributed by atoms with Crippen LogP contribution in [0.25, 0.3) is 10.6 Å². The van der Waals surface area contributed by atoms with E-state index in [1.165, 1.54) is 11.3 Å². The molecule has 2 fully saturated rings. The molecule has 3 heterocycles. The molecule has 0 aromatic carbocycles. The Kier molecular flexibility index (Phi) is 3.87. The van der Waals surface area contributed by atoms with Crippen molar-refractivity contribution in [1.82, 2.24) is 19.7 Å². The first-order valence-corrected chi connectivity index (χ1v) is 9.27. The number of fused-ring (bicyclic) bond motifs is 1. The number of carbonyl (C=O) groups is 2. The number of hydrogen-bond acceptors (Lipinski definition) is 5. The van der Waals surface area contributed by atoms with Gasteiger partial charge in [-0.3, -0.25) is 9.48 Å². The van der Waals surface area contributed by atoms with Gasteiger partial charge in [0.05, 0.1) is 11.9 Å². The molecule has 0 bridgehead atoms. The standard InChI is InChI=1S/C17H20N4O3S/c1-9-14(25-15(19-9)11-6-18-20(2)7-11)16(22)21-8-10-4-3-5-12(10)13(21)17(23)24/h6-7,10,12-13H,3-5,8H2,1-2H3,(H,23,24). The Labute approximate surface area is 149 Å². The summed E-state index contributed by atoms with van der Waals surface area (Å²) in [5.41, 5.74) is 1.51. The fraction of sp³-hybridized carbons (Fsp3) is 0.529. The van der Waals surface area contributed by atoms with Gasteiger partial charge in [-0.05, 0) is 31.6 Å². The summed E-state index contributed by atoms with van der Waals surface area (Å²) in [5.74, 6) is -0.687. The molecule has 132 valence electrons. The maximum atomic E-state index is 13.1. The van der Waals surface area contributed by atoms with Gasteiger partial charge in [0, 0.05) is 25.4 Å². The van der Waals surface area contributed by atoms with Gasteiger partial charge in [-0.1, -0.05) is 6.42 Å². The van der Waals surface area contributed by atoms with Gasteiger partial charge in [-0.25, -0.2) is 9.78 Å². The maximum absolute atomic E-state index is 13.1. The molecule has 4 rings (SSSR count). The molecule has 1 saturated heterocycles. The van der Waals surface area contributed by atoms with E-state index in [-0.39, 0.29) is 11.8 Å². The second kappa shape index (κ2) is 5.94. The van der Waals surface area contributed by atoms with Crippen LogP contribution in [-0.4, -0.2) is 49.2 Å². The third-order valence-electron chi connectivity index (χ3n) is 5.35. The molecule has 2 aromatic rings. The zero-order valence-electron chi connectivity index (χ0n) is 14.2. The highest BCUT2D eigenvalue weighted by Crippen LogP contribution is 2.43. The lowest BCUT2D eigenvalue weighted by molar-refractivity contribution is -0.142. The lowest BCUT2D eigenvalue weighted by atomic mass is 9.94. The summed E-state index contributed by atoms with van der Waals surface area (Å²) < 4.78 is 1.69. The predicted octanol–water partition coefficient (Wildman–Crippen LogP) is 2.18. The number of rotatable bonds is 3. The fourth-order valence-corrected chi connectivity index (χ4v) is 5.21. The number of nitrogens with zero attached hydrogens (tertiary/aromatic N) is 4. The highest BCUT2D eigenvalue weighted by molar-refractivity contribution is 7.17. The van der Waals surface area contributed by atoms with Crippen molar-refractivity contribution < 1.29 is 14.7 Å². The van der Waals surface area contributed by atoms with Crippen molar-refractivity contribution in [3.8, 4) is 10.6 Å². The summed E-state index contributed by atoms with van der Waals surface area (Å²) in [6.07, 6.45) is 6.54. The molecule has 1 aliphatic heterocycles. The van der Waals surface area contributed by atoms with Crippen molar-refractivity contribution >= 4 is 23.2 Å². The van der Waals surface area contributed by atoms with Gasteiger partial charge in [0.15, 0.2) is 0 Å². The van der Waals surface area contributed by atoms with E-state index in [1.807, 2.05) is 13.2 Å². The van der Waals surface area contributed by atoms with Crippen molar-refractivity contribution in [2.24, 2.45) is 18.9 Å². The van der Waals surface area contributed by atoms with Crippen LogP contribution in [0, 0.1) is 18.8 Å². The van der Waals surface area contributed by atoms with Crippen LogP contribution in [0.15, 0.2) is 12.4 Å². The van der Waals surface area contributed by atoms with Crippen LogP contribution in [0.5, 0.6) is 0 Å². The maximum Gasteiger partial charge on any atom is 0.326 e. The van der Waals surface area contributed by atoms with E-state index in [0.717, 1.165) is 29.8 Å². The minimum absolute atomic E-state index is 0.0903. The second-order valence-electron chi connectivity index (χ2n) is 6.93. The molecule has 1 saturated carbocycles. The summed E-state index contributed by atoms with van der Waals surface area (Å²) in [6.45, 7) is 2.34. The number of likely N-dealkylation sites (tertiary alicyclic amines) is 1. The van der Waals surface area contributed by atoms with Gasteiger partial charge >= 0.3 is 5.97 Å². The largest absolute Gasteiger partial charge is 0.480 e. The average molecular weight is 360 g/mol. The molecule has 3 unspecified atom stereocenters. The molecule has 3 atom stereocenters. The van der Waals surface area contributed by atoms with Crippen LogP contribution in [0.1, 0.15) is 34.6 Å². The molecule has 8 heteroatoms. The van der Waals surface area contributed by atoms with Crippen LogP contribution < -0.4 is 0 Å². The zero-order valence-corrected chi connectivity index (χ0v) is 15.0. The molecule has 2 aromatic heterocycles. The van der Waals surface area contributed by atoms with Crippen molar-refractivity contribution in [1.29, 1.82) is 0 Å². The van der Waals surface area contributed by atoms with Gasteiger partial charge in [0.2, 0.25) is 0 Å². The normalized spacial score (nSPS) is 25.4. The molecule has 0 radical (unpaired) electrons. The number of thiazole rings is 1. The quantitative estimate of drug-likeness (QED) is 0.906. The number of amides is 1. The molecule has 1 N–H and O–H groups in total. The van der Waals surface area contributed by atoms with Crippen molar-refractivity contribution in [3.63, 3.8) is 0 Å². The van der Waals surface area contributed by atoms with Crippen LogP contribution in [0.4, 0.5) is 0 Å². The number of aliphatic carboxylic acids is 1. The van der Waals surface area contributed by atoms with E-state index in [0.29, 0.717) is 23.0 Å². The van der Waals surface area contributed by atoms with E-state index in [4.69, 9.17) is 0 Å². The summed E-state index contributed by atoms with van der Waals surface area (Å²) in [7, 11) is 1.83. The lowest BCUT2D eigenvalue weighted by Crippen LogP contribution is -2.43. The third-order valence-corrected chi connectivity index (χ3v) is 6.54. The van der Waals surface area contributed by atoms with Crippen LogP contribution >= 0.6 is 11.3 Å². The Morgan fingerprint density at radius 2 is 2.16 bits per heavy atom. The highest BCUT2D eigenvalue weighted by Gasteiger charge is 2.50. The predicted molar refractivity (Wildman–Crippen MR) is 92.3 cm³/mol. The Morgan fingerprint density at radius 3 is 2.84 bits per heavy atom. The first-order valence-electron chi connectivity index (χ1n) is 8.46. The summed E-state index contributed by atoms with van der Waals surface area (Å²) in [6, 6.07) is -0.705. The molecule has 1 amide bonds. The Hall–Kier alpha value is -2.22. The number of hydrogen-bond donors (Lipinski definition) is 1. The van der Waals surface area contributed by atoms with Crippen LogP contribution in [-0.2, 0) is 11.8 Å². The Bertz CT molecular complexity index is 843. The summed E-state index contributed by atoms with van der Waals surface area (Å²) >= 11 is 1.31. The van der Waals surface area contributed by atoms with E-state index in [1.54, 1.807) is 22.7 Å². The van der Waals surface area contributed by atoms with Crippen molar-refractivity contribution in [2.45, 2.75) is 32.2 Å². The van der Waals surface area contributed by atoms with Gasteiger partial charge in [0.25, 0.3) is 5.91 Å². The lowest BCUT2D eigenvalue weighted by Gasteiger charge is -2.24. The minimum atomic E-state index is -0.891. The Balaban J connectivity index is 1.64. The molecule has 1 aliphatic carbocycles. The van der Waals surface area contributed by atoms with Gasteiger partial charge in [-0.2, -0.15) is 5.10 Å². The first-order chi connectivity index (χ1) is 12.0. The zero-order chi connectivity index (χ0) is 17.7. The fourth-order valence-electron chi connectivity index (χ4n) is 4.21. The first kappa shape index (κ1) is 16.3. The molecule has 0 spiro atoms. The smallest absolute Gasteiger partial charge is 0.326 e. The van der Waals surface area contributed by atoms with E-state index >= 15 is 0 Å². The number of aromatic nitrogens is 3. The number of aryl methyl sites for hydroxylation is 2. The molecular formula is C17H20N4O3S. The number of carboxylic acid groups (broad SMARTS) is 1. The van der Waals surface area contributed by atoms with Crippen LogP contribution in [0.2, 0.25) is 0 Å². The van der Waals surface area contributed by atoms with E-state index in [2.05, 4.69) is 10.1 Å². The van der Waals surface area contributed by atoms with Crippen molar-refractivity contribution in [2.75, 3.05) is 6.54 Å². The van der Waals surface area contributed by atoms with Crippen molar-refractivity contribution in [3.05, 3.63) is 23.0 Å². The second-order valence-corrected chi connectivity index (χ2v) is 7.93. The summed E-state index contributed by atoms with van der Waals surface area (Å²) in [4.78, 5) is 31.5. The summed E-state index contributed by atoms with van der Waals surface area (Å²) in [5, 5.41) is 14.5. The van der Waals surface area contributed by atoms with E-state index in [9.17, 15) is 14.7 Å². The SMILES string of the molecule is Cc1nc(-c2cnn(C)c2)sc1C(=O)N1CC2CCCC2C1C(=O)O. The van der Waals surface area contributed by atoms with Gasteiger partial charge in [0.1, 0.15) is 15.9 Å². The topological polar surface area (TPSA) is 88.3 Å². The van der Waals surface area contributed by atoms with E-state index < -0.39 is 12.0 Å². The highest BCUT2D eigenvalue weighted by atomic mass is 32.1. The molecular weight excluding hydrogens is 340 g/mol. The molecule has 25 heavy (non-hydrogen) atoms. The third kappa shape index (κ3) is 2.64. The van der Waals surface area contributed by atoms with Crippen LogP contribution in [0.3, 0.4) is 0 Å². The minimum Gasteiger partial charge on any atom is -0.480 e. The van der Waals surface area contributed by atoms with Gasteiger partial charge in [-0.15, -0.1) is 11.3 Å². The van der Waals surface area contributed by atoms with Gasteiger partial charge < -0.3 is 10.0 Å². The Morgan fingerprint density at radius 1 is 1.36 bits per heavy atom. The monoisotopic (exact) mass is 360 g/mol. The number of carboxylic acids is 1.